The minimum absolute atomic E-state index is 0.367. The summed E-state index contributed by atoms with van der Waals surface area (Å²) < 4.78 is 10.9. The minimum atomic E-state index is 0.367. The molecule has 1 aliphatic rings. The molecule has 0 spiro atoms. The first-order valence-electron chi connectivity index (χ1n) is 7.28. The Bertz CT molecular complexity index is 420. The molecule has 0 saturated carbocycles. The molecule has 1 fully saturated rings. The summed E-state index contributed by atoms with van der Waals surface area (Å²) >= 11 is 0. The third-order valence-corrected chi connectivity index (χ3v) is 3.36. The van der Waals surface area contributed by atoms with Crippen molar-refractivity contribution in [1.82, 2.24) is 4.90 Å². The fourth-order valence-corrected chi connectivity index (χ4v) is 2.41. The first kappa shape index (κ1) is 14.9. The first-order valence-corrected chi connectivity index (χ1v) is 7.28. The number of nitrogens with one attached hydrogen (secondary N) is 1. The summed E-state index contributed by atoms with van der Waals surface area (Å²) in [5, 5.41) is 3.50. The maximum atomic E-state index is 5.88. The highest BCUT2D eigenvalue weighted by molar-refractivity contribution is 5.61. The van der Waals surface area contributed by atoms with E-state index in [4.69, 9.17) is 15.2 Å². The topological polar surface area (TPSA) is 59.8 Å². The summed E-state index contributed by atoms with van der Waals surface area (Å²) in [7, 11) is 0. The molecule has 1 aromatic carbocycles. The fraction of sp³-hybridized carbons (Fsp3) is 0.600. The van der Waals surface area contributed by atoms with E-state index in [1.807, 2.05) is 25.1 Å². The average Bonchev–Trinajstić information content (AvgIpc) is 2.44. The van der Waals surface area contributed by atoms with Crippen molar-refractivity contribution in [3.05, 3.63) is 18.2 Å². The van der Waals surface area contributed by atoms with E-state index in [0.29, 0.717) is 18.3 Å². The normalized spacial score (nSPS) is 17.7. The Balaban J connectivity index is 1.89. The molecule has 112 valence electrons. The van der Waals surface area contributed by atoms with Gasteiger partial charge in [0.15, 0.2) is 0 Å². The monoisotopic (exact) mass is 279 g/mol. The molecule has 0 aliphatic carbocycles. The number of nitrogen functional groups attached to an aromatic ring is 1. The van der Waals surface area contributed by atoms with Gasteiger partial charge < -0.3 is 20.5 Å². The number of ether oxygens (including phenoxy) is 2. The van der Waals surface area contributed by atoms with Crippen molar-refractivity contribution in [3.63, 3.8) is 0 Å². The number of hydrogen-bond donors (Lipinski definition) is 2. The van der Waals surface area contributed by atoms with Crippen molar-refractivity contribution in [3.8, 4) is 5.75 Å². The van der Waals surface area contributed by atoms with Gasteiger partial charge in [-0.2, -0.15) is 0 Å². The number of benzene rings is 1. The summed E-state index contributed by atoms with van der Waals surface area (Å²) in [4.78, 5) is 2.42. The number of nitrogens with two attached hydrogens (primary N) is 1. The summed E-state index contributed by atoms with van der Waals surface area (Å²) in [6.07, 6.45) is 0. The maximum Gasteiger partial charge on any atom is 0.144 e. The van der Waals surface area contributed by atoms with Gasteiger partial charge in [-0.15, -0.1) is 0 Å². The molecule has 0 bridgehead atoms. The summed E-state index contributed by atoms with van der Waals surface area (Å²) in [5.41, 5.74) is 7.60. The Labute approximate surface area is 121 Å². The van der Waals surface area contributed by atoms with Gasteiger partial charge in [-0.3, -0.25) is 4.90 Å². The molecule has 2 rings (SSSR count). The molecule has 1 unspecified atom stereocenters. The lowest BCUT2D eigenvalue weighted by Crippen LogP contribution is -2.42. The molecule has 1 atom stereocenters. The minimum Gasteiger partial charge on any atom is -0.492 e. The zero-order valence-corrected chi connectivity index (χ0v) is 12.4. The zero-order chi connectivity index (χ0) is 14.4. The van der Waals surface area contributed by atoms with Gasteiger partial charge >= 0.3 is 0 Å². The molecular weight excluding hydrogens is 254 g/mol. The van der Waals surface area contributed by atoms with Crippen LogP contribution in [0, 0.1) is 0 Å². The summed E-state index contributed by atoms with van der Waals surface area (Å²) in [6, 6.07) is 6.21. The summed E-state index contributed by atoms with van der Waals surface area (Å²) in [5.74, 6) is 0.746. The van der Waals surface area contributed by atoms with Crippen LogP contribution in [-0.4, -0.2) is 50.4 Å². The van der Waals surface area contributed by atoms with Crippen LogP contribution in [0.2, 0.25) is 0 Å². The van der Waals surface area contributed by atoms with Gasteiger partial charge in [-0.25, -0.2) is 0 Å². The Morgan fingerprint density at radius 1 is 1.40 bits per heavy atom. The number of hydrogen-bond acceptors (Lipinski definition) is 5. The molecule has 3 N–H and O–H groups in total. The van der Waals surface area contributed by atoms with E-state index >= 15 is 0 Å². The SMILES string of the molecule is CCOc1cc(NC(C)CN2CCOCC2)ccc1N. The Morgan fingerprint density at radius 2 is 2.15 bits per heavy atom. The Morgan fingerprint density at radius 3 is 2.85 bits per heavy atom. The second-order valence-corrected chi connectivity index (χ2v) is 5.14. The van der Waals surface area contributed by atoms with Crippen LogP contribution in [0.5, 0.6) is 5.75 Å². The van der Waals surface area contributed by atoms with Crippen LogP contribution in [-0.2, 0) is 4.74 Å². The van der Waals surface area contributed by atoms with Gasteiger partial charge in [-0.05, 0) is 26.0 Å². The standard InChI is InChI=1S/C15H25N3O2/c1-3-20-15-10-13(4-5-14(15)16)17-12(2)11-18-6-8-19-9-7-18/h4-5,10,12,17H,3,6-9,11,16H2,1-2H3. The van der Waals surface area contributed by atoms with Crippen molar-refractivity contribution >= 4 is 11.4 Å². The van der Waals surface area contributed by atoms with Gasteiger partial charge in [0.2, 0.25) is 0 Å². The molecule has 0 amide bonds. The molecule has 0 radical (unpaired) electrons. The molecule has 1 aliphatic heterocycles. The van der Waals surface area contributed by atoms with E-state index in [9.17, 15) is 0 Å². The highest BCUT2D eigenvalue weighted by Gasteiger charge is 2.13. The Kier molecular flexibility index (Phi) is 5.49. The lowest BCUT2D eigenvalue weighted by Gasteiger charge is -2.29. The quantitative estimate of drug-likeness (QED) is 0.778. The van der Waals surface area contributed by atoms with Gasteiger partial charge in [0.1, 0.15) is 5.75 Å². The van der Waals surface area contributed by atoms with Crippen LogP contribution < -0.4 is 15.8 Å². The third kappa shape index (κ3) is 4.28. The molecular formula is C15H25N3O2. The molecule has 1 saturated heterocycles. The fourth-order valence-electron chi connectivity index (χ4n) is 2.41. The highest BCUT2D eigenvalue weighted by Crippen LogP contribution is 2.25. The van der Waals surface area contributed by atoms with Crippen LogP contribution in [0.4, 0.5) is 11.4 Å². The molecule has 1 heterocycles. The van der Waals surface area contributed by atoms with Crippen molar-refractivity contribution in [2.24, 2.45) is 0 Å². The highest BCUT2D eigenvalue weighted by atomic mass is 16.5. The molecule has 0 aromatic heterocycles. The molecule has 5 nitrogen and oxygen atoms in total. The van der Waals surface area contributed by atoms with E-state index < -0.39 is 0 Å². The predicted molar refractivity (Wildman–Crippen MR) is 82.4 cm³/mol. The third-order valence-electron chi connectivity index (χ3n) is 3.36. The van der Waals surface area contributed by atoms with Crippen molar-refractivity contribution in [2.45, 2.75) is 19.9 Å². The summed E-state index contributed by atoms with van der Waals surface area (Å²) in [6.45, 7) is 9.48. The van der Waals surface area contributed by atoms with Gasteiger partial charge in [0.25, 0.3) is 0 Å². The molecule has 1 aromatic rings. The maximum absolute atomic E-state index is 5.88. The van der Waals surface area contributed by atoms with Crippen LogP contribution in [0.25, 0.3) is 0 Å². The van der Waals surface area contributed by atoms with Gasteiger partial charge in [-0.1, -0.05) is 0 Å². The van der Waals surface area contributed by atoms with E-state index in [1.165, 1.54) is 0 Å². The van der Waals surface area contributed by atoms with Crippen molar-refractivity contribution in [1.29, 1.82) is 0 Å². The zero-order valence-electron chi connectivity index (χ0n) is 12.4. The van der Waals surface area contributed by atoms with Crippen LogP contribution >= 0.6 is 0 Å². The average molecular weight is 279 g/mol. The van der Waals surface area contributed by atoms with Crippen molar-refractivity contribution in [2.75, 3.05) is 50.5 Å². The van der Waals surface area contributed by atoms with Crippen LogP contribution in [0.15, 0.2) is 18.2 Å². The smallest absolute Gasteiger partial charge is 0.144 e. The van der Waals surface area contributed by atoms with Crippen LogP contribution in [0.3, 0.4) is 0 Å². The molecule has 5 heteroatoms. The predicted octanol–water partition coefficient (Wildman–Crippen LogP) is 1.80. The second-order valence-electron chi connectivity index (χ2n) is 5.14. The number of nitrogens with zero attached hydrogens (tertiary/aromatic N) is 1. The lowest BCUT2D eigenvalue weighted by atomic mass is 10.2. The van der Waals surface area contributed by atoms with E-state index in [2.05, 4.69) is 17.1 Å². The van der Waals surface area contributed by atoms with E-state index in [1.54, 1.807) is 0 Å². The number of anilines is 2. The Hall–Kier alpha value is -1.46. The lowest BCUT2D eigenvalue weighted by molar-refractivity contribution is 0.0368. The number of morpholine rings is 1. The second kappa shape index (κ2) is 7.36. The van der Waals surface area contributed by atoms with Crippen molar-refractivity contribution < 1.29 is 9.47 Å². The van der Waals surface area contributed by atoms with E-state index in [-0.39, 0.29) is 0 Å². The largest absolute Gasteiger partial charge is 0.492 e. The first-order chi connectivity index (χ1) is 9.69. The van der Waals surface area contributed by atoms with Crippen LogP contribution in [0.1, 0.15) is 13.8 Å². The molecule has 20 heavy (non-hydrogen) atoms. The van der Waals surface area contributed by atoms with Gasteiger partial charge in [0, 0.05) is 37.4 Å². The van der Waals surface area contributed by atoms with Gasteiger partial charge in [0.05, 0.1) is 25.5 Å². The van der Waals surface area contributed by atoms with E-state index in [0.717, 1.165) is 44.3 Å². The number of rotatable bonds is 6.